The Morgan fingerprint density at radius 2 is 2.14 bits per heavy atom. The Bertz CT molecular complexity index is 673. The van der Waals surface area contributed by atoms with E-state index in [1.165, 1.54) is 17.2 Å². The summed E-state index contributed by atoms with van der Waals surface area (Å²) in [6.45, 7) is 1.37. The Morgan fingerprint density at radius 1 is 1.33 bits per heavy atom. The summed E-state index contributed by atoms with van der Waals surface area (Å²) in [5.74, 6) is 0.410. The lowest BCUT2D eigenvalue weighted by Gasteiger charge is -2.16. The van der Waals surface area contributed by atoms with Gasteiger partial charge in [0.25, 0.3) is 0 Å². The summed E-state index contributed by atoms with van der Waals surface area (Å²) in [7, 11) is 0. The van der Waals surface area contributed by atoms with E-state index >= 15 is 0 Å². The zero-order valence-electron chi connectivity index (χ0n) is 11.2. The van der Waals surface area contributed by atoms with Gasteiger partial charge in [-0.15, -0.1) is 0 Å². The molecule has 3 N–H and O–H groups in total. The number of imidazole rings is 1. The third-order valence-corrected chi connectivity index (χ3v) is 3.38. The second-order valence-electron chi connectivity index (χ2n) is 4.64. The quantitative estimate of drug-likeness (QED) is 0.630. The van der Waals surface area contributed by atoms with Crippen LogP contribution in [0.5, 0.6) is 0 Å². The number of hydrogen-bond acceptors (Lipinski definition) is 8. The summed E-state index contributed by atoms with van der Waals surface area (Å²) in [6.07, 6.45) is 0.277. The normalized spacial score (nSPS) is 29.7. The number of fused-ring (bicyclic) bond motifs is 1. The fourth-order valence-corrected chi connectivity index (χ4v) is 2.35. The molecule has 0 radical (unpaired) electrons. The van der Waals surface area contributed by atoms with E-state index in [0.29, 0.717) is 17.0 Å². The van der Waals surface area contributed by atoms with Crippen molar-refractivity contribution in [2.75, 3.05) is 6.61 Å². The van der Waals surface area contributed by atoms with Crippen molar-refractivity contribution in [3.05, 3.63) is 12.7 Å². The number of hydrogen-bond donors (Lipinski definition) is 3. The Balaban J connectivity index is 2.04. The molecule has 9 heteroatoms. The molecule has 0 aromatic carbocycles. The van der Waals surface area contributed by atoms with Crippen molar-refractivity contribution in [1.29, 1.82) is 0 Å². The van der Waals surface area contributed by atoms with Crippen LogP contribution in [0.4, 0.5) is 5.82 Å². The molecule has 1 aliphatic rings. The fourth-order valence-electron chi connectivity index (χ4n) is 2.35. The van der Waals surface area contributed by atoms with E-state index in [1.807, 2.05) is 0 Å². The van der Waals surface area contributed by atoms with Crippen LogP contribution in [0.3, 0.4) is 0 Å². The zero-order chi connectivity index (χ0) is 15.0. The Hall–Kier alpha value is -1.94. The lowest BCUT2D eigenvalue weighted by atomic mass is 10.1. The minimum Gasteiger partial charge on any atom is -0.394 e. The Morgan fingerprint density at radius 3 is 2.81 bits per heavy atom. The summed E-state index contributed by atoms with van der Waals surface area (Å²) in [6, 6.07) is 0. The molecule has 21 heavy (non-hydrogen) atoms. The van der Waals surface area contributed by atoms with Gasteiger partial charge in [0.2, 0.25) is 0 Å². The molecular formula is C12H15N5O4. The van der Waals surface area contributed by atoms with Crippen LogP contribution >= 0.6 is 0 Å². The number of aliphatic hydroxyl groups excluding tert-OH is 3. The summed E-state index contributed by atoms with van der Waals surface area (Å²) in [4.78, 5) is 16.4. The molecule has 1 fully saturated rings. The van der Waals surface area contributed by atoms with Crippen LogP contribution in [-0.2, 0) is 4.74 Å². The molecule has 2 aromatic rings. The zero-order valence-corrected chi connectivity index (χ0v) is 11.2. The fraction of sp³-hybridized carbons (Fsp3) is 0.500. The lowest BCUT2D eigenvalue weighted by Crippen LogP contribution is -2.33. The van der Waals surface area contributed by atoms with Gasteiger partial charge in [0.1, 0.15) is 24.6 Å². The van der Waals surface area contributed by atoms with Gasteiger partial charge in [-0.05, 0) is 6.92 Å². The van der Waals surface area contributed by atoms with Gasteiger partial charge in [-0.1, -0.05) is 0 Å². The predicted octanol–water partition coefficient (Wildman–Crippen LogP) is -0.840. The van der Waals surface area contributed by atoms with Crippen LogP contribution in [0.1, 0.15) is 13.2 Å². The van der Waals surface area contributed by atoms with Crippen molar-refractivity contribution in [3.8, 4) is 0 Å². The summed E-state index contributed by atoms with van der Waals surface area (Å²) in [5, 5.41) is 29.0. The van der Waals surface area contributed by atoms with Gasteiger partial charge in [0.05, 0.1) is 12.9 Å². The van der Waals surface area contributed by atoms with E-state index in [0.717, 1.165) is 0 Å². The van der Waals surface area contributed by atoms with E-state index in [9.17, 15) is 10.2 Å². The summed E-state index contributed by atoms with van der Waals surface area (Å²) >= 11 is 0. The number of aromatic nitrogens is 4. The van der Waals surface area contributed by atoms with E-state index in [4.69, 9.17) is 9.84 Å². The average Bonchev–Trinajstić information content (AvgIpc) is 3.03. The molecule has 0 amide bonds. The highest BCUT2D eigenvalue weighted by Crippen LogP contribution is 2.32. The van der Waals surface area contributed by atoms with Gasteiger partial charge < -0.3 is 20.1 Å². The molecule has 0 saturated carbocycles. The minimum absolute atomic E-state index is 0.387. The molecular weight excluding hydrogens is 278 g/mol. The third kappa shape index (κ3) is 2.20. The summed E-state index contributed by atoms with van der Waals surface area (Å²) in [5.41, 5.74) is 0.897. The van der Waals surface area contributed by atoms with Gasteiger partial charge in [0.15, 0.2) is 23.2 Å². The van der Waals surface area contributed by atoms with Crippen LogP contribution in [0.15, 0.2) is 17.6 Å². The number of aliphatic hydroxyl groups is 3. The Kier molecular flexibility index (Phi) is 3.64. The molecule has 0 spiro atoms. The van der Waals surface area contributed by atoms with E-state index in [1.54, 1.807) is 13.1 Å². The van der Waals surface area contributed by atoms with Crippen LogP contribution in [0, 0.1) is 0 Å². The van der Waals surface area contributed by atoms with Gasteiger partial charge in [-0.3, -0.25) is 4.57 Å². The highest BCUT2D eigenvalue weighted by molar-refractivity contribution is 5.82. The van der Waals surface area contributed by atoms with E-state index < -0.39 is 24.5 Å². The number of aliphatic imine (C=N–C) groups is 1. The average molecular weight is 293 g/mol. The lowest BCUT2D eigenvalue weighted by molar-refractivity contribution is -0.0511. The number of rotatable bonds is 3. The molecule has 1 aliphatic heterocycles. The van der Waals surface area contributed by atoms with Crippen molar-refractivity contribution in [2.45, 2.75) is 31.5 Å². The Labute approximate surface area is 119 Å². The first-order valence-corrected chi connectivity index (χ1v) is 6.46. The van der Waals surface area contributed by atoms with Crippen molar-refractivity contribution >= 4 is 23.2 Å². The highest BCUT2D eigenvalue weighted by atomic mass is 16.6. The first kappa shape index (κ1) is 14.0. The summed E-state index contributed by atoms with van der Waals surface area (Å²) < 4.78 is 6.96. The van der Waals surface area contributed by atoms with E-state index in [2.05, 4.69) is 19.9 Å². The molecule has 0 bridgehead atoms. The smallest absolute Gasteiger partial charge is 0.183 e. The minimum atomic E-state index is -1.19. The van der Waals surface area contributed by atoms with Crippen LogP contribution < -0.4 is 0 Å². The molecule has 112 valence electrons. The van der Waals surface area contributed by atoms with E-state index in [-0.39, 0.29) is 6.61 Å². The number of nitrogens with zero attached hydrogens (tertiary/aromatic N) is 5. The van der Waals surface area contributed by atoms with Crippen LogP contribution in [0.25, 0.3) is 11.2 Å². The standard InChI is InChI=1S/C12H15N5O4/c1-2-13-10-7-11(15-4-14-10)17(5-16-7)12-9(20)8(19)6(3-18)21-12/h2,4-6,8-9,12,18-20H,3H2,1H3/t6-,8-,9-,12-/m1/s1. The van der Waals surface area contributed by atoms with Gasteiger partial charge in [-0.25, -0.2) is 19.9 Å². The molecule has 3 heterocycles. The molecule has 4 atom stereocenters. The van der Waals surface area contributed by atoms with Gasteiger partial charge >= 0.3 is 0 Å². The maximum Gasteiger partial charge on any atom is 0.183 e. The van der Waals surface area contributed by atoms with Crippen molar-refractivity contribution in [1.82, 2.24) is 19.5 Å². The molecule has 2 aromatic heterocycles. The molecule has 0 aliphatic carbocycles. The molecule has 1 saturated heterocycles. The second kappa shape index (κ2) is 5.45. The second-order valence-corrected chi connectivity index (χ2v) is 4.64. The highest BCUT2D eigenvalue weighted by Gasteiger charge is 2.43. The predicted molar refractivity (Wildman–Crippen MR) is 72.2 cm³/mol. The number of ether oxygens (including phenoxy) is 1. The SMILES string of the molecule is CC=Nc1ncnc2c1ncn2[C@@H]1O[C@H](CO)[C@@H](O)[C@H]1O. The maximum absolute atomic E-state index is 10.1. The third-order valence-electron chi connectivity index (χ3n) is 3.38. The van der Waals surface area contributed by atoms with Crippen molar-refractivity contribution < 1.29 is 20.1 Å². The first-order valence-electron chi connectivity index (χ1n) is 6.46. The molecule has 9 nitrogen and oxygen atoms in total. The van der Waals surface area contributed by atoms with Gasteiger partial charge in [0, 0.05) is 6.21 Å². The van der Waals surface area contributed by atoms with Crippen molar-refractivity contribution in [2.24, 2.45) is 4.99 Å². The first-order chi connectivity index (χ1) is 10.2. The van der Waals surface area contributed by atoms with Crippen molar-refractivity contribution in [3.63, 3.8) is 0 Å². The largest absolute Gasteiger partial charge is 0.394 e. The topological polar surface area (TPSA) is 126 Å². The maximum atomic E-state index is 10.1. The molecule has 3 rings (SSSR count). The van der Waals surface area contributed by atoms with Crippen LogP contribution in [-0.4, -0.2) is 66.0 Å². The monoisotopic (exact) mass is 293 g/mol. The van der Waals surface area contributed by atoms with Gasteiger partial charge in [-0.2, -0.15) is 0 Å². The van der Waals surface area contributed by atoms with Crippen LogP contribution in [0.2, 0.25) is 0 Å². The molecule has 0 unspecified atom stereocenters.